The fourth-order valence-corrected chi connectivity index (χ4v) is 3.01. The number of benzene rings is 2. The summed E-state index contributed by atoms with van der Waals surface area (Å²) in [5.41, 5.74) is 5.64. The Morgan fingerprint density at radius 2 is 1.81 bits per heavy atom. The van der Waals surface area contributed by atoms with E-state index in [0.717, 1.165) is 12.3 Å². The molecule has 0 heterocycles. The van der Waals surface area contributed by atoms with Crippen molar-refractivity contribution in [3.63, 3.8) is 0 Å². The van der Waals surface area contributed by atoms with Crippen LogP contribution in [0.15, 0.2) is 42.5 Å². The molecule has 0 atom stereocenters. The predicted molar refractivity (Wildman–Crippen MR) is 88.0 cm³/mol. The first-order chi connectivity index (χ1) is 10.4. The van der Waals surface area contributed by atoms with Crippen LogP contribution in [0.5, 0.6) is 5.75 Å². The maximum Gasteiger partial charge on any atom is 0.119 e. The van der Waals surface area contributed by atoms with Crippen molar-refractivity contribution < 1.29 is 4.74 Å². The molecule has 2 aromatic carbocycles. The minimum Gasteiger partial charge on any atom is -0.494 e. The number of ether oxygens (including phenoxy) is 1. The third-order valence-electron chi connectivity index (χ3n) is 4.11. The number of anilines is 1. The summed E-state index contributed by atoms with van der Waals surface area (Å²) in [6, 6.07) is 15.0. The summed E-state index contributed by atoms with van der Waals surface area (Å²) in [6.45, 7) is 3.59. The molecule has 0 aromatic heterocycles. The molecule has 1 aliphatic rings. The van der Waals surface area contributed by atoms with Gasteiger partial charge >= 0.3 is 0 Å². The zero-order valence-corrected chi connectivity index (χ0v) is 12.7. The summed E-state index contributed by atoms with van der Waals surface area (Å²) in [5.74, 6) is 0.943. The Morgan fingerprint density at radius 3 is 2.62 bits per heavy atom. The lowest BCUT2D eigenvalue weighted by molar-refractivity contribution is 0.340. The molecule has 1 aliphatic carbocycles. The first-order valence-electron chi connectivity index (χ1n) is 7.93. The predicted octanol–water partition coefficient (Wildman–Crippen LogP) is 4.58. The van der Waals surface area contributed by atoms with Gasteiger partial charge in [-0.15, -0.1) is 0 Å². The summed E-state index contributed by atoms with van der Waals surface area (Å²) in [4.78, 5) is 0. The minimum absolute atomic E-state index is 0.716. The third-order valence-corrected chi connectivity index (χ3v) is 4.11. The van der Waals surface area contributed by atoms with Crippen LogP contribution in [0.1, 0.15) is 36.5 Å². The van der Waals surface area contributed by atoms with E-state index in [-0.39, 0.29) is 0 Å². The molecule has 0 fully saturated rings. The Balaban J connectivity index is 1.67. The lowest BCUT2D eigenvalue weighted by Crippen LogP contribution is -2.08. The molecule has 2 nitrogen and oxygen atoms in total. The van der Waals surface area contributed by atoms with Crippen LogP contribution in [0.2, 0.25) is 0 Å². The van der Waals surface area contributed by atoms with Gasteiger partial charge in [-0.25, -0.2) is 0 Å². The van der Waals surface area contributed by atoms with Gasteiger partial charge in [-0.2, -0.15) is 0 Å². The second kappa shape index (κ2) is 6.66. The number of nitrogens with one attached hydrogen (secondary N) is 1. The van der Waals surface area contributed by atoms with Crippen molar-refractivity contribution in [1.29, 1.82) is 0 Å². The summed E-state index contributed by atoms with van der Waals surface area (Å²) >= 11 is 0. The SMILES string of the molecule is CCOc1ccc(CNc2cccc3c2CCCC3)cc1. The van der Waals surface area contributed by atoms with E-state index in [0.29, 0.717) is 6.61 Å². The monoisotopic (exact) mass is 281 g/mol. The number of fused-ring (bicyclic) bond motifs is 1. The average Bonchev–Trinajstić information content (AvgIpc) is 2.54. The standard InChI is InChI=1S/C19H23NO/c1-2-21-17-12-10-15(11-13-17)14-20-19-9-5-7-16-6-3-4-8-18(16)19/h5,7,9-13,20H,2-4,6,8,14H2,1H3. The normalized spacial score (nSPS) is 13.6. The summed E-state index contributed by atoms with van der Waals surface area (Å²) in [6.07, 6.45) is 5.08. The van der Waals surface area contributed by atoms with E-state index in [1.807, 2.05) is 19.1 Å². The molecular weight excluding hydrogens is 258 g/mol. The van der Waals surface area contributed by atoms with Gasteiger partial charge in [0.15, 0.2) is 0 Å². The van der Waals surface area contributed by atoms with Crippen LogP contribution in [-0.2, 0) is 19.4 Å². The Hall–Kier alpha value is -1.96. The Bertz CT molecular complexity index is 589. The van der Waals surface area contributed by atoms with Crippen LogP contribution in [0.4, 0.5) is 5.69 Å². The molecule has 0 aliphatic heterocycles. The lowest BCUT2D eigenvalue weighted by atomic mass is 9.90. The first kappa shape index (κ1) is 14.0. The summed E-state index contributed by atoms with van der Waals surface area (Å²) < 4.78 is 5.48. The van der Waals surface area contributed by atoms with Crippen molar-refractivity contribution >= 4 is 5.69 Å². The quantitative estimate of drug-likeness (QED) is 0.866. The molecule has 0 amide bonds. The van der Waals surface area contributed by atoms with Crippen LogP contribution >= 0.6 is 0 Å². The molecule has 0 radical (unpaired) electrons. The van der Waals surface area contributed by atoms with Gasteiger partial charge < -0.3 is 10.1 Å². The van der Waals surface area contributed by atoms with Crippen molar-refractivity contribution in [3.05, 3.63) is 59.2 Å². The molecule has 0 saturated carbocycles. The fourth-order valence-electron chi connectivity index (χ4n) is 3.01. The first-order valence-corrected chi connectivity index (χ1v) is 7.93. The number of rotatable bonds is 5. The van der Waals surface area contributed by atoms with E-state index >= 15 is 0 Å². The van der Waals surface area contributed by atoms with Crippen molar-refractivity contribution in [2.24, 2.45) is 0 Å². The molecule has 0 bridgehead atoms. The van der Waals surface area contributed by atoms with E-state index < -0.39 is 0 Å². The third kappa shape index (κ3) is 3.38. The van der Waals surface area contributed by atoms with Gasteiger partial charge in [0.25, 0.3) is 0 Å². The maximum atomic E-state index is 5.48. The van der Waals surface area contributed by atoms with E-state index in [1.54, 1.807) is 0 Å². The average molecular weight is 281 g/mol. The van der Waals surface area contributed by atoms with Crippen LogP contribution in [0, 0.1) is 0 Å². The summed E-state index contributed by atoms with van der Waals surface area (Å²) in [5, 5.41) is 3.60. The molecule has 110 valence electrons. The topological polar surface area (TPSA) is 21.3 Å². The maximum absolute atomic E-state index is 5.48. The van der Waals surface area contributed by atoms with Gasteiger partial charge in [0.2, 0.25) is 0 Å². The molecule has 0 saturated heterocycles. The Morgan fingerprint density at radius 1 is 1.00 bits per heavy atom. The van der Waals surface area contributed by atoms with E-state index in [9.17, 15) is 0 Å². The van der Waals surface area contributed by atoms with Gasteiger partial charge in [0.1, 0.15) is 5.75 Å². The molecule has 21 heavy (non-hydrogen) atoms. The highest BCUT2D eigenvalue weighted by molar-refractivity contribution is 5.56. The van der Waals surface area contributed by atoms with E-state index in [4.69, 9.17) is 4.74 Å². The van der Waals surface area contributed by atoms with Crippen molar-refractivity contribution in [1.82, 2.24) is 0 Å². The van der Waals surface area contributed by atoms with Gasteiger partial charge in [0.05, 0.1) is 6.61 Å². The van der Waals surface area contributed by atoms with Gasteiger partial charge in [-0.1, -0.05) is 24.3 Å². The lowest BCUT2D eigenvalue weighted by Gasteiger charge is -2.20. The second-order valence-electron chi connectivity index (χ2n) is 5.58. The van der Waals surface area contributed by atoms with Crippen LogP contribution in [-0.4, -0.2) is 6.61 Å². The molecule has 2 aromatic rings. The molecule has 2 heteroatoms. The molecule has 1 N–H and O–H groups in total. The number of hydrogen-bond acceptors (Lipinski definition) is 2. The summed E-state index contributed by atoms with van der Waals surface area (Å²) in [7, 11) is 0. The zero-order chi connectivity index (χ0) is 14.5. The van der Waals surface area contributed by atoms with Crippen LogP contribution in [0.3, 0.4) is 0 Å². The van der Waals surface area contributed by atoms with Crippen LogP contribution in [0.25, 0.3) is 0 Å². The molecule has 3 rings (SSSR count). The molecule has 0 unspecified atom stereocenters. The molecular formula is C19H23NO. The molecule has 0 spiro atoms. The highest BCUT2D eigenvalue weighted by Crippen LogP contribution is 2.28. The smallest absolute Gasteiger partial charge is 0.119 e. The van der Waals surface area contributed by atoms with Crippen molar-refractivity contribution in [2.75, 3.05) is 11.9 Å². The van der Waals surface area contributed by atoms with Gasteiger partial charge in [-0.3, -0.25) is 0 Å². The zero-order valence-electron chi connectivity index (χ0n) is 12.7. The number of aryl methyl sites for hydroxylation is 1. The van der Waals surface area contributed by atoms with Crippen molar-refractivity contribution in [2.45, 2.75) is 39.2 Å². The highest BCUT2D eigenvalue weighted by atomic mass is 16.5. The minimum atomic E-state index is 0.716. The highest BCUT2D eigenvalue weighted by Gasteiger charge is 2.12. The van der Waals surface area contributed by atoms with E-state index in [1.165, 1.54) is 48.1 Å². The number of hydrogen-bond donors (Lipinski definition) is 1. The largest absolute Gasteiger partial charge is 0.494 e. The second-order valence-corrected chi connectivity index (χ2v) is 5.58. The fraction of sp³-hybridized carbons (Fsp3) is 0.368. The van der Waals surface area contributed by atoms with Gasteiger partial charge in [0, 0.05) is 12.2 Å². The van der Waals surface area contributed by atoms with Crippen molar-refractivity contribution in [3.8, 4) is 5.75 Å². The Labute approximate surface area is 127 Å². The Kier molecular flexibility index (Phi) is 4.44. The van der Waals surface area contributed by atoms with Gasteiger partial charge in [-0.05, 0) is 67.5 Å². The van der Waals surface area contributed by atoms with Crippen LogP contribution < -0.4 is 10.1 Å². The van der Waals surface area contributed by atoms with E-state index in [2.05, 4.69) is 35.6 Å².